The van der Waals surface area contributed by atoms with Gasteiger partial charge in [-0.25, -0.2) is 12.8 Å². The number of hydrogen-bond acceptors (Lipinski definition) is 4. The quantitative estimate of drug-likeness (QED) is 0.597. The van der Waals surface area contributed by atoms with Crippen molar-refractivity contribution >= 4 is 21.6 Å². The van der Waals surface area contributed by atoms with E-state index < -0.39 is 28.3 Å². The smallest absolute Gasteiger partial charge is 0.240 e. The predicted molar refractivity (Wildman–Crippen MR) is 112 cm³/mol. The molecule has 158 valence electrons. The van der Waals surface area contributed by atoms with Crippen molar-refractivity contribution in [3.8, 4) is 5.75 Å². The number of benzene rings is 2. The van der Waals surface area contributed by atoms with E-state index in [1.165, 1.54) is 18.2 Å². The highest BCUT2D eigenvalue weighted by atomic mass is 32.2. The molecule has 0 atom stereocenters. The Morgan fingerprint density at radius 1 is 1.17 bits per heavy atom. The maximum absolute atomic E-state index is 13.4. The minimum absolute atomic E-state index is 0.117. The number of carbonyl (C=O) groups is 1. The number of carbonyl (C=O) groups excluding carboxylic acids is 1. The lowest BCUT2D eigenvalue weighted by atomic mass is 10.1. The third-order valence-electron chi connectivity index (χ3n) is 4.04. The number of ether oxygens (including phenoxy) is 1. The second kappa shape index (κ2) is 10.2. The van der Waals surface area contributed by atoms with Gasteiger partial charge in [0.25, 0.3) is 0 Å². The molecular weight excluding hydrogens is 395 g/mol. The van der Waals surface area contributed by atoms with Gasteiger partial charge in [-0.15, -0.1) is 0 Å². The minimum atomic E-state index is -3.72. The van der Waals surface area contributed by atoms with Crippen LogP contribution in [0, 0.1) is 5.82 Å². The summed E-state index contributed by atoms with van der Waals surface area (Å²) in [5, 5.41) is 2.71. The second-order valence-electron chi connectivity index (χ2n) is 7.01. The molecule has 1 amide bonds. The maximum Gasteiger partial charge on any atom is 0.240 e. The van der Waals surface area contributed by atoms with Crippen LogP contribution in [0.3, 0.4) is 0 Å². The van der Waals surface area contributed by atoms with E-state index in [4.69, 9.17) is 4.74 Å². The van der Waals surface area contributed by atoms with Gasteiger partial charge in [0.05, 0.1) is 18.0 Å². The van der Waals surface area contributed by atoms with Gasteiger partial charge in [-0.2, -0.15) is 0 Å². The molecule has 0 aliphatic rings. The van der Waals surface area contributed by atoms with E-state index in [-0.39, 0.29) is 11.8 Å². The number of sulfonamides is 1. The van der Waals surface area contributed by atoms with Gasteiger partial charge in [0.15, 0.2) is 0 Å². The molecule has 2 rings (SSSR count). The Morgan fingerprint density at radius 2 is 1.86 bits per heavy atom. The largest absolute Gasteiger partial charge is 0.491 e. The van der Waals surface area contributed by atoms with Gasteiger partial charge in [0.1, 0.15) is 18.1 Å². The Bertz CT molecular complexity index is 915. The molecule has 0 aliphatic heterocycles. The van der Waals surface area contributed by atoms with Crippen LogP contribution in [-0.4, -0.2) is 39.8 Å². The van der Waals surface area contributed by atoms with Crippen molar-refractivity contribution in [3.63, 3.8) is 0 Å². The molecule has 0 aromatic heterocycles. The van der Waals surface area contributed by atoms with Crippen LogP contribution in [0.1, 0.15) is 25.8 Å². The number of halogens is 1. The van der Waals surface area contributed by atoms with Crippen LogP contribution in [0.5, 0.6) is 5.75 Å². The minimum Gasteiger partial charge on any atom is -0.491 e. The van der Waals surface area contributed by atoms with Crippen molar-refractivity contribution in [2.24, 2.45) is 0 Å². The summed E-state index contributed by atoms with van der Waals surface area (Å²) in [5.74, 6) is -0.197. The standard InChI is InChI=1S/C21H27FN2O4S/c1-16(2)28-20-11-9-17(10-12-20)6-5-13-23-21(25)15-24(29(3,26)27)19-8-4-7-18(22)14-19/h4,7-12,14,16H,5-6,13,15H2,1-3H3,(H,23,25). The lowest BCUT2D eigenvalue weighted by molar-refractivity contribution is -0.119. The first-order chi connectivity index (χ1) is 13.6. The Labute approximate surface area is 171 Å². The summed E-state index contributed by atoms with van der Waals surface area (Å²) in [5.41, 5.74) is 1.24. The van der Waals surface area contributed by atoms with Gasteiger partial charge < -0.3 is 10.1 Å². The first kappa shape index (κ1) is 22.7. The molecule has 0 heterocycles. The van der Waals surface area contributed by atoms with Crippen LogP contribution < -0.4 is 14.4 Å². The van der Waals surface area contributed by atoms with E-state index in [1.807, 2.05) is 38.1 Å². The van der Waals surface area contributed by atoms with Crippen LogP contribution in [0.4, 0.5) is 10.1 Å². The number of aryl methyl sites for hydroxylation is 1. The average Bonchev–Trinajstić information content (AvgIpc) is 2.63. The number of nitrogens with one attached hydrogen (secondary N) is 1. The van der Waals surface area contributed by atoms with E-state index in [0.29, 0.717) is 13.0 Å². The van der Waals surface area contributed by atoms with Crippen molar-refractivity contribution < 1.29 is 22.3 Å². The Morgan fingerprint density at radius 3 is 2.45 bits per heavy atom. The van der Waals surface area contributed by atoms with E-state index in [9.17, 15) is 17.6 Å². The summed E-state index contributed by atoms with van der Waals surface area (Å²) in [6.45, 7) is 3.94. The molecule has 29 heavy (non-hydrogen) atoms. The maximum atomic E-state index is 13.4. The molecule has 0 unspecified atom stereocenters. The first-order valence-corrected chi connectivity index (χ1v) is 11.3. The first-order valence-electron chi connectivity index (χ1n) is 9.41. The van der Waals surface area contributed by atoms with Gasteiger partial charge in [-0.3, -0.25) is 9.10 Å². The molecule has 0 fully saturated rings. The van der Waals surface area contributed by atoms with Crippen molar-refractivity contribution in [2.45, 2.75) is 32.8 Å². The molecule has 6 nitrogen and oxygen atoms in total. The third kappa shape index (κ3) is 7.73. The number of hydrogen-bond donors (Lipinski definition) is 1. The number of anilines is 1. The zero-order valence-corrected chi connectivity index (χ0v) is 17.7. The fourth-order valence-corrected chi connectivity index (χ4v) is 3.59. The molecule has 0 bridgehead atoms. The lowest BCUT2D eigenvalue weighted by Crippen LogP contribution is -2.40. The van der Waals surface area contributed by atoms with Crippen LogP contribution in [-0.2, 0) is 21.2 Å². The van der Waals surface area contributed by atoms with Crippen LogP contribution in [0.2, 0.25) is 0 Å². The Kier molecular flexibility index (Phi) is 8.01. The molecule has 0 saturated carbocycles. The highest BCUT2D eigenvalue weighted by Gasteiger charge is 2.21. The van der Waals surface area contributed by atoms with E-state index in [1.54, 1.807) is 0 Å². The van der Waals surface area contributed by atoms with Crippen molar-refractivity contribution in [1.82, 2.24) is 5.32 Å². The fraction of sp³-hybridized carbons (Fsp3) is 0.381. The molecule has 1 N–H and O–H groups in total. The zero-order valence-electron chi connectivity index (χ0n) is 16.9. The fourth-order valence-electron chi connectivity index (χ4n) is 2.74. The highest BCUT2D eigenvalue weighted by molar-refractivity contribution is 7.92. The third-order valence-corrected chi connectivity index (χ3v) is 5.18. The summed E-state index contributed by atoms with van der Waals surface area (Å²) in [6, 6.07) is 12.9. The summed E-state index contributed by atoms with van der Waals surface area (Å²) < 4.78 is 43.9. The molecule has 0 spiro atoms. The van der Waals surface area contributed by atoms with Crippen molar-refractivity contribution in [1.29, 1.82) is 0 Å². The lowest BCUT2D eigenvalue weighted by Gasteiger charge is -2.21. The van der Waals surface area contributed by atoms with E-state index >= 15 is 0 Å². The Hall–Kier alpha value is -2.61. The number of rotatable bonds is 10. The van der Waals surface area contributed by atoms with Crippen LogP contribution in [0.15, 0.2) is 48.5 Å². The van der Waals surface area contributed by atoms with Crippen molar-refractivity contribution in [2.75, 3.05) is 23.7 Å². The summed E-state index contributed by atoms with van der Waals surface area (Å²) in [6.07, 6.45) is 2.57. The van der Waals surface area contributed by atoms with Gasteiger partial charge in [0.2, 0.25) is 15.9 Å². The zero-order chi connectivity index (χ0) is 21.4. The molecule has 0 aliphatic carbocycles. The molecular formula is C21H27FN2O4S. The van der Waals surface area contributed by atoms with Gasteiger partial charge in [-0.1, -0.05) is 18.2 Å². The second-order valence-corrected chi connectivity index (χ2v) is 8.92. The van der Waals surface area contributed by atoms with Gasteiger partial charge in [-0.05, 0) is 62.6 Å². The normalized spacial score (nSPS) is 11.3. The summed E-state index contributed by atoms with van der Waals surface area (Å²) in [4.78, 5) is 12.2. The number of nitrogens with zero attached hydrogens (tertiary/aromatic N) is 1. The topological polar surface area (TPSA) is 75.7 Å². The Balaban J connectivity index is 1.83. The van der Waals surface area contributed by atoms with Gasteiger partial charge >= 0.3 is 0 Å². The molecule has 8 heteroatoms. The van der Waals surface area contributed by atoms with Crippen LogP contribution >= 0.6 is 0 Å². The molecule has 0 radical (unpaired) electrons. The highest BCUT2D eigenvalue weighted by Crippen LogP contribution is 2.18. The molecule has 0 saturated heterocycles. The SMILES string of the molecule is CC(C)Oc1ccc(CCCNC(=O)CN(c2cccc(F)c2)S(C)(=O)=O)cc1. The van der Waals surface area contributed by atoms with Crippen LogP contribution in [0.25, 0.3) is 0 Å². The van der Waals surface area contributed by atoms with Gasteiger partial charge in [0, 0.05) is 6.54 Å². The van der Waals surface area contributed by atoms with E-state index in [2.05, 4.69) is 5.32 Å². The predicted octanol–water partition coefficient (Wildman–Crippen LogP) is 3.13. The molecule has 2 aromatic carbocycles. The number of amides is 1. The van der Waals surface area contributed by atoms with E-state index in [0.717, 1.165) is 34.4 Å². The monoisotopic (exact) mass is 422 g/mol. The summed E-state index contributed by atoms with van der Waals surface area (Å²) >= 11 is 0. The van der Waals surface area contributed by atoms with Crippen molar-refractivity contribution in [3.05, 3.63) is 59.9 Å². The summed E-state index contributed by atoms with van der Waals surface area (Å²) in [7, 11) is -3.72. The molecule has 2 aromatic rings. The average molecular weight is 423 g/mol.